The van der Waals surface area contributed by atoms with Gasteiger partial charge in [-0.1, -0.05) is 12.1 Å². The molecule has 2 aromatic rings. The molecule has 0 atom stereocenters. The summed E-state index contributed by atoms with van der Waals surface area (Å²) in [5, 5.41) is 0. The molecule has 0 spiro atoms. The first-order chi connectivity index (χ1) is 6.79. The number of hydrogen-bond acceptors (Lipinski definition) is 4. The van der Waals surface area contributed by atoms with Gasteiger partial charge in [-0.2, -0.15) is 0 Å². The minimum absolute atomic E-state index is 0. The van der Waals surface area contributed by atoms with Gasteiger partial charge in [-0.15, -0.1) is 0 Å². The van der Waals surface area contributed by atoms with Crippen molar-refractivity contribution in [3.8, 4) is 0 Å². The van der Waals surface area contributed by atoms with Crippen molar-refractivity contribution in [2.45, 2.75) is 0 Å². The summed E-state index contributed by atoms with van der Waals surface area (Å²) in [4.78, 5) is 7.51. The van der Waals surface area contributed by atoms with Crippen molar-refractivity contribution >= 4 is 11.6 Å². The van der Waals surface area contributed by atoms with E-state index in [1.54, 1.807) is 24.5 Å². The summed E-state index contributed by atoms with van der Waals surface area (Å²) in [7, 11) is 0. The molecule has 17 heavy (non-hydrogen) atoms. The number of rotatable bonds is 0. The molecule has 4 nitrogen and oxygen atoms in total. The van der Waals surface area contributed by atoms with Gasteiger partial charge in [0.2, 0.25) is 0 Å². The van der Waals surface area contributed by atoms with Gasteiger partial charge in [-0.3, -0.25) is 0 Å². The monoisotopic (exact) mass is 644 g/mol. The Bertz CT molecular complexity index is 324. The molecule has 4 N–H and O–H groups in total. The smallest absolute Gasteiger partial charge is 1.00 e. The molecule has 88 valence electrons. The Kier molecular flexibility index (Phi) is 19.0. The summed E-state index contributed by atoms with van der Waals surface area (Å²) < 4.78 is 0. The van der Waals surface area contributed by atoms with Crippen molar-refractivity contribution in [1.82, 2.24) is 9.97 Å². The molecule has 7 heteroatoms. The van der Waals surface area contributed by atoms with Crippen LogP contribution in [0.5, 0.6) is 0 Å². The molecular formula is C10H12HgI2N4. The summed E-state index contributed by atoms with van der Waals surface area (Å²) in [6.45, 7) is 0. The molecule has 0 saturated heterocycles. The van der Waals surface area contributed by atoms with Crippen LogP contribution in [0.2, 0.25) is 0 Å². The van der Waals surface area contributed by atoms with Crippen LogP contribution >= 0.6 is 0 Å². The first-order valence-corrected chi connectivity index (χ1v) is 4.12. The van der Waals surface area contributed by atoms with Gasteiger partial charge >= 0.3 is 27.7 Å². The van der Waals surface area contributed by atoms with Crippen LogP contribution in [0.3, 0.4) is 0 Å². The summed E-state index contributed by atoms with van der Waals surface area (Å²) in [6, 6.07) is 10.9. The van der Waals surface area contributed by atoms with E-state index in [2.05, 4.69) is 9.97 Å². The Balaban J connectivity index is -0.000000196. The van der Waals surface area contributed by atoms with E-state index < -0.39 is 0 Å². The second kappa shape index (κ2) is 14.4. The minimum atomic E-state index is 0. The number of nitrogens with zero attached hydrogens (tertiary/aromatic N) is 2. The third-order valence-electron chi connectivity index (χ3n) is 1.38. The predicted molar refractivity (Wildman–Crippen MR) is 57.3 cm³/mol. The first kappa shape index (κ1) is 22.5. The minimum Gasteiger partial charge on any atom is -1.00 e. The van der Waals surface area contributed by atoms with E-state index in [4.69, 9.17) is 11.5 Å². The fourth-order valence-electron chi connectivity index (χ4n) is 0.752. The Morgan fingerprint density at radius 3 is 1.18 bits per heavy atom. The summed E-state index contributed by atoms with van der Waals surface area (Å²) in [5.41, 5.74) is 10.5. The average molecular weight is 643 g/mol. The molecule has 0 fully saturated rings. The Morgan fingerprint density at radius 1 is 0.706 bits per heavy atom. The number of hydrogen-bond donors (Lipinski definition) is 2. The van der Waals surface area contributed by atoms with Gasteiger partial charge in [0.15, 0.2) is 0 Å². The van der Waals surface area contributed by atoms with Gasteiger partial charge in [0.05, 0.1) is 0 Å². The molecule has 0 aliphatic carbocycles. The summed E-state index contributed by atoms with van der Waals surface area (Å²) >= 11 is 0. The van der Waals surface area contributed by atoms with E-state index in [9.17, 15) is 0 Å². The van der Waals surface area contributed by atoms with Crippen molar-refractivity contribution in [3.05, 3.63) is 48.8 Å². The quantitative estimate of drug-likeness (QED) is 0.224. The zero-order valence-corrected chi connectivity index (χ0v) is 18.9. The van der Waals surface area contributed by atoms with Gasteiger partial charge in [-0.25, -0.2) is 9.97 Å². The van der Waals surface area contributed by atoms with Crippen molar-refractivity contribution < 1.29 is 75.6 Å². The van der Waals surface area contributed by atoms with Gasteiger partial charge in [-0.05, 0) is 24.3 Å². The molecule has 2 heterocycles. The maximum atomic E-state index is 5.25. The van der Waals surface area contributed by atoms with Crippen LogP contribution in [0.4, 0.5) is 11.6 Å². The van der Waals surface area contributed by atoms with Gasteiger partial charge < -0.3 is 59.4 Å². The number of nitrogen functional groups attached to an aromatic ring is 2. The molecule has 0 aliphatic heterocycles. The molecule has 0 amide bonds. The molecule has 0 aromatic carbocycles. The van der Waals surface area contributed by atoms with E-state index in [1.165, 1.54) is 0 Å². The maximum absolute atomic E-state index is 5.25. The van der Waals surface area contributed by atoms with E-state index in [-0.39, 0.29) is 75.6 Å². The largest absolute Gasteiger partial charge is 2.00 e. The average Bonchev–Trinajstić information content (AvgIpc) is 2.21. The SMILES string of the molecule is Nc1ccccn1.Nc1ccccn1.[Hg+2].[I-].[I-]. The second-order valence-electron chi connectivity index (χ2n) is 2.51. The van der Waals surface area contributed by atoms with Crippen LogP contribution in [0.25, 0.3) is 0 Å². The van der Waals surface area contributed by atoms with Crippen molar-refractivity contribution in [1.29, 1.82) is 0 Å². The van der Waals surface area contributed by atoms with Crippen LogP contribution in [0.1, 0.15) is 0 Å². The van der Waals surface area contributed by atoms with Crippen LogP contribution < -0.4 is 59.4 Å². The fraction of sp³-hybridized carbons (Fsp3) is 0. The van der Waals surface area contributed by atoms with E-state index in [0.717, 1.165) is 0 Å². The molecule has 0 radical (unpaired) electrons. The van der Waals surface area contributed by atoms with Crippen LogP contribution in [-0.4, -0.2) is 9.97 Å². The topological polar surface area (TPSA) is 77.8 Å². The Morgan fingerprint density at radius 2 is 1.06 bits per heavy atom. The Hall–Kier alpha value is 0.295. The molecule has 0 aliphatic rings. The van der Waals surface area contributed by atoms with Crippen LogP contribution in [0.15, 0.2) is 48.8 Å². The van der Waals surface area contributed by atoms with Crippen molar-refractivity contribution in [2.24, 2.45) is 0 Å². The molecule has 2 rings (SSSR count). The third kappa shape index (κ3) is 12.5. The van der Waals surface area contributed by atoms with E-state index in [0.29, 0.717) is 11.6 Å². The van der Waals surface area contributed by atoms with Crippen LogP contribution in [0, 0.1) is 0 Å². The van der Waals surface area contributed by atoms with E-state index in [1.807, 2.05) is 24.3 Å². The third-order valence-corrected chi connectivity index (χ3v) is 1.38. The van der Waals surface area contributed by atoms with Crippen molar-refractivity contribution in [2.75, 3.05) is 11.5 Å². The van der Waals surface area contributed by atoms with Gasteiger partial charge in [0, 0.05) is 12.4 Å². The summed E-state index contributed by atoms with van der Waals surface area (Å²) in [5.74, 6) is 1.14. The first-order valence-electron chi connectivity index (χ1n) is 4.12. The molecule has 0 bridgehead atoms. The molecular weight excluding hydrogens is 631 g/mol. The molecule has 0 saturated carbocycles. The maximum Gasteiger partial charge on any atom is 2.00 e. The zero-order chi connectivity index (χ0) is 10.2. The summed E-state index contributed by atoms with van der Waals surface area (Å²) in [6.07, 6.45) is 3.32. The normalized spacial score (nSPS) is 7.06. The number of halogens is 2. The fourth-order valence-corrected chi connectivity index (χ4v) is 0.752. The number of nitrogens with two attached hydrogens (primary N) is 2. The van der Waals surface area contributed by atoms with Gasteiger partial charge in [0.25, 0.3) is 0 Å². The van der Waals surface area contributed by atoms with E-state index >= 15 is 0 Å². The zero-order valence-electron chi connectivity index (χ0n) is 9.13. The number of pyridine rings is 2. The van der Waals surface area contributed by atoms with Crippen LogP contribution in [-0.2, 0) is 27.7 Å². The molecule has 2 aromatic heterocycles. The van der Waals surface area contributed by atoms with Crippen molar-refractivity contribution in [3.63, 3.8) is 0 Å². The molecule has 0 unspecified atom stereocenters. The number of anilines is 2. The standard InChI is InChI=1S/2C5H6N2.Hg.2HI/c2*6-5-3-1-2-4-7-5;;;/h2*1-4H,(H2,6,7);;2*1H/q;;+2;;/p-2. The number of aromatic nitrogens is 2. The predicted octanol–water partition coefficient (Wildman–Crippen LogP) is -4.67. The second-order valence-corrected chi connectivity index (χ2v) is 2.51. The van der Waals surface area contributed by atoms with Gasteiger partial charge in [0.1, 0.15) is 11.6 Å². The Labute approximate surface area is 156 Å².